The van der Waals surface area contributed by atoms with Crippen molar-refractivity contribution in [2.45, 2.75) is 51.7 Å². The Morgan fingerprint density at radius 3 is 2.76 bits per heavy atom. The van der Waals surface area contributed by atoms with E-state index in [-0.39, 0.29) is 35.4 Å². The highest BCUT2D eigenvalue weighted by atomic mass is 16.6. The number of fused-ring (bicyclic) bond motifs is 2. The molecule has 0 bridgehead atoms. The average molecular weight is 295 g/mol. The summed E-state index contributed by atoms with van der Waals surface area (Å²) in [5, 5.41) is 10.5. The van der Waals surface area contributed by atoms with Gasteiger partial charge < -0.3 is 14.7 Å². The number of hydrogen-bond donors (Lipinski definition) is 1. The van der Waals surface area contributed by atoms with Crippen LogP contribution in [0.3, 0.4) is 0 Å². The van der Waals surface area contributed by atoms with Crippen molar-refractivity contribution in [3.63, 3.8) is 0 Å². The van der Waals surface area contributed by atoms with Gasteiger partial charge in [-0.05, 0) is 57.0 Å². The molecule has 3 rings (SSSR count). The lowest BCUT2D eigenvalue weighted by Crippen LogP contribution is -2.38. The first kappa shape index (κ1) is 15.3. The Bertz CT molecular complexity index is 424. The maximum atomic E-state index is 12.3. The van der Waals surface area contributed by atoms with E-state index in [0.717, 1.165) is 32.2 Å². The third-order valence-electron chi connectivity index (χ3n) is 6.45. The minimum atomic E-state index is -0.223. The molecule has 0 spiro atoms. The van der Waals surface area contributed by atoms with Crippen molar-refractivity contribution < 1.29 is 14.6 Å². The molecule has 0 aromatic carbocycles. The molecule has 0 aromatic heterocycles. The van der Waals surface area contributed by atoms with Gasteiger partial charge in [0, 0.05) is 12.5 Å². The molecular formula is C17H29NO3. The van der Waals surface area contributed by atoms with Crippen LogP contribution in [0, 0.1) is 29.1 Å². The highest BCUT2D eigenvalue weighted by Crippen LogP contribution is 2.57. The lowest BCUT2D eigenvalue weighted by atomic mass is 9.68. The second-order valence-electron chi connectivity index (χ2n) is 8.13. The topological polar surface area (TPSA) is 49.8 Å². The first-order valence-corrected chi connectivity index (χ1v) is 8.36. The monoisotopic (exact) mass is 295 g/mol. The first-order valence-electron chi connectivity index (χ1n) is 8.36. The van der Waals surface area contributed by atoms with Crippen LogP contribution in [0.1, 0.15) is 39.5 Å². The van der Waals surface area contributed by atoms with Crippen molar-refractivity contribution in [1.29, 1.82) is 0 Å². The van der Waals surface area contributed by atoms with Crippen LogP contribution in [0.5, 0.6) is 0 Å². The molecule has 21 heavy (non-hydrogen) atoms. The van der Waals surface area contributed by atoms with Crippen molar-refractivity contribution in [2.75, 3.05) is 20.6 Å². The maximum Gasteiger partial charge on any atom is 0.310 e. The molecular weight excluding hydrogens is 266 g/mol. The molecule has 2 saturated carbocycles. The lowest BCUT2D eigenvalue weighted by Gasteiger charge is -2.37. The highest BCUT2D eigenvalue weighted by molar-refractivity contribution is 5.75. The van der Waals surface area contributed by atoms with Gasteiger partial charge in [-0.25, -0.2) is 0 Å². The predicted octanol–water partition coefficient (Wildman–Crippen LogP) is 1.91. The zero-order chi connectivity index (χ0) is 15.4. The van der Waals surface area contributed by atoms with Crippen LogP contribution in [-0.2, 0) is 9.53 Å². The number of rotatable bonds is 2. The van der Waals surface area contributed by atoms with Gasteiger partial charge in [-0.2, -0.15) is 0 Å². The summed E-state index contributed by atoms with van der Waals surface area (Å²) in [4.78, 5) is 14.3. The van der Waals surface area contributed by atoms with Gasteiger partial charge >= 0.3 is 5.97 Å². The van der Waals surface area contributed by atoms with E-state index in [0.29, 0.717) is 11.8 Å². The normalized spacial score (nSPS) is 49.7. The second-order valence-corrected chi connectivity index (χ2v) is 8.13. The van der Waals surface area contributed by atoms with Crippen molar-refractivity contribution >= 4 is 5.97 Å². The largest absolute Gasteiger partial charge is 0.462 e. The molecule has 0 unspecified atom stereocenters. The summed E-state index contributed by atoms with van der Waals surface area (Å²) < 4.78 is 5.73. The van der Waals surface area contributed by atoms with Crippen LogP contribution in [0.2, 0.25) is 0 Å². The molecule has 3 aliphatic rings. The number of nitrogens with zero attached hydrogens (tertiary/aromatic N) is 1. The summed E-state index contributed by atoms with van der Waals surface area (Å²) >= 11 is 0. The van der Waals surface area contributed by atoms with Crippen molar-refractivity contribution in [3.8, 4) is 0 Å². The summed E-state index contributed by atoms with van der Waals surface area (Å²) in [7, 11) is 4.02. The van der Waals surface area contributed by atoms with Gasteiger partial charge in [0.25, 0.3) is 0 Å². The summed E-state index contributed by atoms with van der Waals surface area (Å²) in [5.41, 5.74) is -0.0443. The fourth-order valence-electron chi connectivity index (χ4n) is 5.36. The van der Waals surface area contributed by atoms with Gasteiger partial charge in [-0.3, -0.25) is 4.79 Å². The van der Waals surface area contributed by atoms with Gasteiger partial charge in [-0.15, -0.1) is 0 Å². The maximum absolute atomic E-state index is 12.3. The van der Waals surface area contributed by atoms with E-state index in [1.807, 2.05) is 14.1 Å². The summed E-state index contributed by atoms with van der Waals surface area (Å²) in [5.74, 6) is 1.30. The van der Waals surface area contributed by atoms with E-state index in [4.69, 9.17) is 4.74 Å². The Labute approximate surface area is 127 Å². The van der Waals surface area contributed by atoms with Crippen molar-refractivity contribution in [3.05, 3.63) is 0 Å². The number of ether oxygens (including phenoxy) is 1. The third-order valence-corrected chi connectivity index (χ3v) is 6.45. The predicted molar refractivity (Wildman–Crippen MR) is 80.6 cm³/mol. The van der Waals surface area contributed by atoms with Gasteiger partial charge in [0.1, 0.15) is 6.10 Å². The van der Waals surface area contributed by atoms with E-state index < -0.39 is 0 Å². The molecule has 0 radical (unpaired) electrons. The Hall–Kier alpha value is -0.610. The van der Waals surface area contributed by atoms with Gasteiger partial charge in [-0.1, -0.05) is 13.8 Å². The number of aliphatic hydroxyl groups is 1. The fraction of sp³-hybridized carbons (Fsp3) is 0.941. The minimum absolute atomic E-state index is 0.0272. The second kappa shape index (κ2) is 5.24. The molecule has 1 saturated heterocycles. The molecule has 3 fully saturated rings. The van der Waals surface area contributed by atoms with Crippen molar-refractivity contribution in [1.82, 2.24) is 4.90 Å². The molecule has 1 N–H and O–H groups in total. The molecule has 4 nitrogen and oxygen atoms in total. The van der Waals surface area contributed by atoms with E-state index in [2.05, 4.69) is 18.7 Å². The SMILES string of the molecule is C[C@@H]1C[C@@H]2OC(=O)[C@@H](CN(C)C)[C@H]2C[C@]2(C)[C@@H](O)CC[C@@H]12. The van der Waals surface area contributed by atoms with Crippen LogP contribution < -0.4 is 0 Å². The van der Waals surface area contributed by atoms with Crippen LogP contribution in [0.4, 0.5) is 0 Å². The zero-order valence-electron chi connectivity index (χ0n) is 13.7. The smallest absolute Gasteiger partial charge is 0.310 e. The van der Waals surface area contributed by atoms with Gasteiger partial charge in [0.2, 0.25) is 0 Å². The van der Waals surface area contributed by atoms with E-state index in [9.17, 15) is 9.90 Å². The van der Waals surface area contributed by atoms with Crippen LogP contribution >= 0.6 is 0 Å². The summed E-state index contributed by atoms with van der Waals surface area (Å²) in [6, 6.07) is 0. The van der Waals surface area contributed by atoms with Crippen molar-refractivity contribution in [2.24, 2.45) is 29.1 Å². The molecule has 4 heteroatoms. The molecule has 7 atom stereocenters. The molecule has 120 valence electrons. The van der Waals surface area contributed by atoms with Gasteiger partial charge in [0.05, 0.1) is 12.0 Å². The van der Waals surface area contributed by atoms with E-state index >= 15 is 0 Å². The zero-order valence-corrected chi connectivity index (χ0v) is 13.7. The lowest BCUT2D eigenvalue weighted by molar-refractivity contribution is -0.145. The Kier molecular flexibility index (Phi) is 3.81. The van der Waals surface area contributed by atoms with Crippen LogP contribution in [0.25, 0.3) is 0 Å². The third kappa shape index (κ3) is 2.40. The number of aliphatic hydroxyl groups excluding tert-OH is 1. The molecule has 1 aliphatic heterocycles. The van der Waals surface area contributed by atoms with E-state index in [1.54, 1.807) is 0 Å². The standard InChI is InChI=1S/C17H29NO3/c1-10-7-14-11(12(9-18(3)4)16(20)21-14)8-17(2)13(10)5-6-15(17)19/h10-15,19H,5-9H2,1-4H3/t10-,11-,12+,13+,14+,15+,17+/m1/s1. The first-order chi connectivity index (χ1) is 9.83. The quantitative estimate of drug-likeness (QED) is 0.791. The fourth-order valence-corrected chi connectivity index (χ4v) is 5.36. The molecule has 0 amide bonds. The number of hydrogen-bond acceptors (Lipinski definition) is 4. The molecule has 1 heterocycles. The van der Waals surface area contributed by atoms with Crippen LogP contribution in [0.15, 0.2) is 0 Å². The molecule has 2 aliphatic carbocycles. The van der Waals surface area contributed by atoms with E-state index in [1.165, 1.54) is 0 Å². The number of carbonyl (C=O) groups excluding carboxylic acids is 1. The highest BCUT2D eigenvalue weighted by Gasteiger charge is 2.57. The summed E-state index contributed by atoms with van der Waals surface area (Å²) in [6.45, 7) is 5.27. The summed E-state index contributed by atoms with van der Waals surface area (Å²) in [6.07, 6.45) is 3.76. The minimum Gasteiger partial charge on any atom is -0.462 e. The Morgan fingerprint density at radius 1 is 1.38 bits per heavy atom. The van der Waals surface area contributed by atoms with Crippen LogP contribution in [-0.4, -0.2) is 48.8 Å². The number of esters is 1. The Balaban J connectivity index is 1.89. The number of carbonyl (C=O) groups is 1. The van der Waals surface area contributed by atoms with Gasteiger partial charge in [0.15, 0.2) is 0 Å². The average Bonchev–Trinajstić information content (AvgIpc) is 2.78. The molecule has 0 aromatic rings. The Morgan fingerprint density at radius 2 is 2.10 bits per heavy atom.